The maximum Gasteiger partial charge on any atom is 0.0552 e. The van der Waals surface area contributed by atoms with Gasteiger partial charge in [0, 0.05) is 16.7 Å². The molecule has 0 saturated carbocycles. The fourth-order valence-electron chi connectivity index (χ4n) is 2.91. The highest BCUT2D eigenvalue weighted by Crippen LogP contribution is 2.35. The van der Waals surface area contributed by atoms with Crippen LogP contribution in [-0.2, 0) is 23.6 Å². The highest BCUT2D eigenvalue weighted by Gasteiger charge is 2.29. The number of hydrogen-bond acceptors (Lipinski definition) is 2. The summed E-state index contributed by atoms with van der Waals surface area (Å²) in [6, 6.07) is 4.84. The second kappa shape index (κ2) is 4.54. The molecular formula is C14H19NOS. The van der Waals surface area contributed by atoms with Gasteiger partial charge in [-0.05, 0) is 55.0 Å². The van der Waals surface area contributed by atoms with E-state index in [-0.39, 0.29) is 0 Å². The van der Waals surface area contributed by atoms with Crippen molar-refractivity contribution in [2.24, 2.45) is 0 Å². The highest BCUT2D eigenvalue weighted by atomic mass is 32.2. The Bertz CT molecular complexity index is 470. The van der Waals surface area contributed by atoms with Crippen LogP contribution in [0, 0.1) is 0 Å². The zero-order chi connectivity index (χ0) is 11.8. The molecule has 17 heavy (non-hydrogen) atoms. The van der Waals surface area contributed by atoms with Crippen LogP contribution in [0.5, 0.6) is 0 Å². The number of fused-ring (bicyclic) bond motifs is 2. The summed E-state index contributed by atoms with van der Waals surface area (Å²) in [6.07, 6.45) is 4.77. The molecule has 0 aromatic heterocycles. The molecule has 2 aliphatic rings. The molecule has 3 rings (SSSR count). The first-order chi connectivity index (χ1) is 8.29. The van der Waals surface area contributed by atoms with Crippen LogP contribution in [0.3, 0.4) is 0 Å². The standard InChI is InChI=1S/C14H19NOS/c1-2-6-15-13-9-17(16)14-8-11-5-3-4-10(11)7-12(13)14/h7-8,13,15H,2-6,9H2,1H3. The topological polar surface area (TPSA) is 29.1 Å². The predicted octanol–water partition coefficient (Wildman–Crippen LogP) is 2.34. The summed E-state index contributed by atoms with van der Waals surface area (Å²) < 4.78 is 12.1. The lowest BCUT2D eigenvalue weighted by Crippen LogP contribution is -2.22. The molecule has 0 bridgehead atoms. The Morgan fingerprint density at radius 3 is 2.88 bits per heavy atom. The molecule has 1 aliphatic carbocycles. The first-order valence-electron chi connectivity index (χ1n) is 6.57. The molecule has 0 fully saturated rings. The summed E-state index contributed by atoms with van der Waals surface area (Å²) in [5, 5.41) is 3.52. The van der Waals surface area contributed by atoms with E-state index in [2.05, 4.69) is 24.4 Å². The van der Waals surface area contributed by atoms with E-state index in [4.69, 9.17) is 0 Å². The van der Waals surface area contributed by atoms with Crippen molar-refractivity contribution in [2.45, 2.75) is 43.5 Å². The van der Waals surface area contributed by atoms with Crippen LogP contribution in [0.2, 0.25) is 0 Å². The first kappa shape index (κ1) is 11.4. The minimum Gasteiger partial charge on any atom is -0.309 e. The zero-order valence-electron chi connectivity index (χ0n) is 10.3. The molecule has 0 radical (unpaired) electrons. The Morgan fingerprint density at radius 2 is 2.12 bits per heavy atom. The van der Waals surface area contributed by atoms with E-state index in [1.165, 1.54) is 36.0 Å². The highest BCUT2D eigenvalue weighted by molar-refractivity contribution is 7.85. The third kappa shape index (κ3) is 1.95. The van der Waals surface area contributed by atoms with Gasteiger partial charge >= 0.3 is 0 Å². The lowest BCUT2D eigenvalue weighted by molar-refractivity contribution is 0.576. The second-order valence-corrected chi connectivity index (χ2v) is 6.50. The minimum atomic E-state index is -0.786. The smallest absolute Gasteiger partial charge is 0.0552 e. The van der Waals surface area contributed by atoms with Crippen LogP contribution < -0.4 is 5.32 Å². The van der Waals surface area contributed by atoms with Crippen molar-refractivity contribution < 1.29 is 4.21 Å². The Labute approximate surface area is 105 Å². The van der Waals surface area contributed by atoms with E-state index in [1.807, 2.05) is 0 Å². The molecule has 1 N–H and O–H groups in total. The summed E-state index contributed by atoms with van der Waals surface area (Å²) >= 11 is 0. The first-order valence-corrected chi connectivity index (χ1v) is 7.89. The van der Waals surface area contributed by atoms with Crippen LogP contribution in [-0.4, -0.2) is 16.5 Å². The third-order valence-corrected chi connectivity index (χ3v) is 5.28. The maximum absolute atomic E-state index is 12.1. The molecule has 2 unspecified atom stereocenters. The van der Waals surface area contributed by atoms with Crippen molar-refractivity contribution >= 4 is 10.8 Å². The van der Waals surface area contributed by atoms with Gasteiger partial charge in [0.05, 0.1) is 10.8 Å². The number of aryl methyl sites for hydroxylation is 2. The molecule has 0 spiro atoms. The van der Waals surface area contributed by atoms with Crippen LogP contribution in [0.1, 0.15) is 42.5 Å². The van der Waals surface area contributed by atoms with Gasteiger partial charge in [0.2, 0.25) is 0 Å². The van der Waals surface area contributed by atoms with Gasteiger partial charge in [0.1, 0.15) is 0 Å². The molecule has 0 saturated heterocycles. The lowest BCUT2D eigenvalue weighted by Gasteiger charge is -2.13. The van der Waals surface area contributed by atoms with Crippen molar-refractivity contribution in [3.05, 3.63) is 28.8 Å². The van der Waals surface area contributed by atoms with Crippen LogP contribution >= 0.6 is 0 Å². The number of rotatable bonds is 3. The van der Waals surface area contributed by atoms with E-state index >= 15 is 0 Å². The molecule has 2 atom stereocenters. The summed E-state index contributed by atoms with van der Waals surface area (Å²) in [7, 11) is -0.786. The summed E-state index contributed by atoms with van der Waals surface area (Å²) in [5.41, 5.74) is 4.23. The number of benzene rings is 1. The van der Waals surface area contributed by atoms with Gasteiger partial charge in [-0.3, -0.25) is 4.21 Å². The van der Waals surface area contributed by atoms with E-state index in [9.17, 15) is 4.21 Å². The zero-order valence-corrected chi connectivity index (χ0v) is 11.1. The summed E-state index contributed by atoms with van der Waals surface area (Å²) in [6.45, 7) is 3.18. The number of nitrogens with one attached hydrogen (secondary N) is 1. The van der Waals surface area contributed by atoms with Gasteiger partial charge in [-0.15, -0.1) is 0 Å². The van der Waals surface area contributed by atoms with Crippen LogP contribution in [0.4, 0.5) is 0 Å². The van der Waals surface area contributed by atoms with Crippen molar-refractivity contribution in [2.75, 3.05) is 12.3 Å². The largest absolute Gasteiger partial charge is 0.309 e. The molecule has 3 heteroatoms. The van der Waals surface area contributed by atoms with Gasteiger partial charge < -0.3 is 5.32 Å². The summed E-state index contributed by atoms with van der Waals surface area (Å²) in [5.74, 6) is 0.762. The average Bonchev–Trinajstić information content (AvgIpc) is 2.90. The molecule has 0 amide bonds. The normalized spacial score (nSPS) is 25.9. The molecule has 2 nitrogen and oxygen atoms in total. The maximum atomic E-state index is 12.1. The Morgan fingerprint density at radius 1 is 1.35 bits per heavy atom. The van der Waals surface area contributed by atoms with Crippen molar-refractivity contribution in [1.29, 1.82) is 0 Å². The Kier molecular flexibility index (Phi) is 3.05. The Hall–Kier alpha value is -0.670. The monoisotopic (exact) mass is 249 g/mol. The molecule has 1 aromatic carbocycles. The SMILES string of the molecule is CCCNC1CS(=O)c2cc3c(cc21)CCC3. The molecular weight excluding hydrogens is 230 g/mol. The van der Waals surface area contributed by atoms with Crippen LogP contribution in [0.25, 0.3) is 0 Å². The van der Waals surface area contributed by atoms with Crippen molar-refractivity contribution in [3.8, 4) is 0 Å². The lowest BCUT2D eigenvalue weighted by atomic mass is 10.0. The fraction of sp³-hybridized carbons (Fsp3) is 0.571. The summed E-state index contributed by atoms with van der Waals surface area (Å²) in [4.78, 5) is 1.10. The van der Waals surface area contributed by atoms with Gasteiger partial charge in [-0.25, -0.2) is 0 Å². The van der Waals surface area contributed by atoms with Gasteiger partial charge in [-0.1, -0.05) is 13.0 Å². The van der Waals surface area contributed by atoms with Crippen molar-refractivity contribution in [1.82, 2.24) is 5.32 Å². The van der Waals surface area contributed by atoms with Gasteiger partial charge in [0.15, 0.2) is 0 Å². The van der Waals surface area contributed by atoms with Crippen LogP contribution in [0.15, 0.2) is 17.0 Å². The third-order valence-electron chi connectivity index (χ3n) is 3.80. The van der Waals surface area contributed by atoms with E-state index in [1.54, 1.807) is 0 Å². The fourth-order valence-corrected chi connectivity index (χ4v) is 4.43. The molecule has 1 aromatic rings. The molecule has 92 valence electrons. The molecule has 1 aliphatic heterocycles. The van der Waals surface area contributed by atoms with Gasteiger partial charge in [-0.2, -0.15) is 0 Å². The number of hydrogen-bond donors (Lipinski definition) is 1. The van der Waals surface area contributed by atoms with E-state index in [0.717, 1.165) is 23.6 Å². The minimum absolute atomic E-state index is 0.316. The predicted molar refractivity (Wildman–Crippen MR) is 70.8 cm³/mol. The quantitative estimate of drug-likeness (QED) is 0.891. The molecule has 1 heterocycles. The van der Waals surface area contributed by atoms with Crippen molar-refractivity contribution in [3.63, 3.8) is 0 Å². The average molecular weight is 249 g/mol. The van der Waals surface area contributed by atoms with Gasteiger partial charge in [0.25, 0.3) is 0 Å². The van der Waals surface area contributed by atoms with E-state index < -0.39 is 10.8 Å². The second-order valence-electron chi connectivity index (χ2n) is 5.03. The Balaban J connectivity index is 1.96. The van der Waals surface area contributed by atoms with E-state index in [0.29, 0.717) is 6.04 Å².